The second-order valence-corrected chi connectivity index (χ2v) is 6.27. The second kappa shape index (κ2) is 3.52. The molecule has 0 fully saturated rings. The Labute approximate surface area is 90.4 Å². The summed E-state index contributed by atoms with van der Waals surface area (Å²) in [6.45, 7) is 4.63. The van der Waals surface area contributed by atoms with E-state index in [4.69, 9.17) is 0 Å². The van der Waals surface area contributed by atoms with Crippen LogP contribution in [0.2, 0.25) is 0 Å². The van der Waals surface area contributed by atoms with Gasteiger partial charge in [0.15, 0.2) is 9.84 Å². The molecule has 0 aliphatic carbocycles. The van der Waals surface area contributed by atoms with E-state index >= 15 is 0 Å². The van der Waals surface area contributed by atoms with Crippen LogP contribution in [0.5, 0.6) is 0 Å². The number of sulfone groups is 1. The topological polar surface area (TPSA) is 46.2 Å². The first-order valence-corrected chi connectivity index (χ1v) is 6.71. The summed E-state index contributed by atoms with van der Waals surface area (Å²) in [6.07, 6.45) is 0. The van der Waals surface area contributed by atoms with Gasteiger partial charge >= 0.3 is 0 Å². The minimum atomic E-state index is -3.11. The Kier molecular flexibility index (Phi) is 2.46. The van der Waals surface area contributed by atoms with E-state index in [-0.39, 0.29) is 11.7 Å². The fourth-order valence-corrected chi connectivity index (χ4v) is 3.65. The van der Waals surface area contributed by atoms with E-state index in [2.05, 4.69) is 5.32 Å². The quantitative estimate of drug-likeness (QED) is 0.732. The number of anilines is 1. The predicted molar refractivity (Wildman–Crippen MR) is 60.9 cm³/mol. The first kappa shape index (κ1) is 10.5. The molecule has 0 amide bonds. The average Bonchev–Trinajstić information content (AvgIpc) is 2.23. The molecule has 0 spiro atoms. The van der Waals surface area contributed by atoms with Crippen LogP contribution in [0.3, 0.4) is 0 Å². The second-order valence-electron chi connectivity index (χ2n) is 4.27. The molecule has 4 heteroatoms. The summed E-state index contributed by atoms with van der Waals surface area (Å²) in [7, 11) is -3.11. The average molecular weight is 225 g/mol. The molecule has 0 bridgehead atoms. The van der Waals surface area contributed by atoms with Crippen LogP contribution >= 0.6 is 0 Å². The Balaban J connectivity index is 2.58. The molecule has 1 aromatic rings. The number of hydrogen-bond donors (Lipinski definition) is 1. The summed E-state index contributed by atoms with van der Waals surface area (Å²) in [6, 6.07) is 5.43. The molecule has 0 radical (unpaired) electrons. The van der Waals surface area contributed by atoms with E-state index in [0.29, 0.717) is 4.90 Å². The minimum absolute atomic E-state index is 0.155. The van der Waals surface area contributed by atoms with E-state index in [1.807, 2.05) is 26.0 Å². The maximum Gasteiger partial charge on any atom is 0.180 e. The highest BCUT2D eigenvalue weighted by Crippen LogP contribution is 2.27. The van der Waals surface area contributed by atoms with Crippen molar-refractivity contribution in [3.05, 3.63) is 23.8 Å². The molecule has 1 N–H and O–H groups in total. The molecule has 3 nitrogen and oxygen atoms in total. The van der Waals surface area contributed by atoms with Gasteiger partial charge in [-0.3, -0.25) is 0 Å². The van der Waals surface area contributed by atoms with Gasteiger partial charge in [0.05, 0.1) is 16.3 Å². The monoisotopic (exact) mass is 225 g/mol. The third-order valence-corrected chi connectivity index (χ3v) is 4.65. The lowest BCUT2D eigenvalue weighted by atomic mass is 10.2. The number of hydrogen-bond acceptors (Lipinski definition) is 3. The van der Waals surface area contributed by atoms with E-state index in [9.17, 15) is 8.42 Å². The normalized spacial score (nSPS) is 23.7. The largest absolute Gasteiger partial charge is 0.384 e. The summed E-state index contributed by atoms with van der Waals surface area (Å²) in [5, 5.41) is 3.19. The molecule has 15 heavy (non-hydrogen) atoms. The Morgan fingerprint density at radius 2 is 2.13 bits per heavy atom. The van der Waals surface area contributed by atoms with Gasteiger partial charge in [-0.05, 0) is 30.5 Å². The van der Waals surface area contributed by atoms with E-state index in [1.165, 1.54) is 0 Å². The fraction of sp³-hybridized carbons (Fsp3) is 0.455. The van der Waals surface area contributed by atoms with Gasteiger partial charge in [-0.1, -0.05) is 13.0 Å². The van der Waals surface area contributed by atoms with Crippen molar-refractivity contribution in [2.75, 3.05) is 17.6 Å². The number of nitrogens with one attached hydrogen (secondary N) is 1. The fourth-order valence-electron chi connectivity index (χ4n) is 1.86. The van der Waals surface area contributed by atoms with Crippen LogP contribution in [0, 0.1) is 12.8 Å². The van der Waals surface area contributed by atoms with Crippen molar-refractivity contribution in [1.29, 1.82) is 0 Å². The van der Waals surface area contributed by atoms with Crippen molar-refractivity contribution >= 4 is 15.5 Å². The Hall–Kier alpha value is -1.03. The van der Waals surface area contributed by atoms with Crippen molar-refractivity contribution in [3.8, 4) is 0 Å². The summed E-state index contributed by atoms with van der Waals surface area (Å²) in [4.78, 5) is 0.442. The van der Waals surface area contributed by atoms with Crippen LogP contribution in [0.25, 0.3) is 0 Å². The molecule has 1 aromatic carbocycles. The Morgan fingerprint density at radius 1 is 1.40 bits per heavy atom. The standard InChI is InChI=1S/C11H15NO2S/c1-8-3-4-11-10(5-8)12-6-9(2)7-15(11,13)14/h3-5,9,12H,6-7H2,1-2H3. The smallest absolute Gasteiger partial charge is 0.180 e. The SMILES string of the molecule is Cc1ccc2c(c1)NCC(C)CS2(=O)=O. The maximum absolute atomic E-state index is 12.0. The third-order valence-electron chi connectivity index (χ3n) is 2.62. The molecule has 0 saturated heterocycles. The zero-order chi connectivity index (χ0) is 11.1. The van der Waals surface area contributed by atoms with Gasteiger partial charge < -0.3 is 5.32 Å². The maximum atomic E-state index is 12.0. The highest BCUT2D eigenvalue weighted by Gasteiger charge is 2.25. The zero-order valence-electron chi connectivity index (χ0n) is 8.95. The molecule has 1 unspecified atom stereocenters. The van der Waals surface area contributed by atoms with Crippen LogP contribution in [-0.4, -0.2) is 20.7 Å². The summed E-state index contributed by atoms with van der Waals surface area (Å²) < 4.78 is 23.9. The molecule has 1 aliphatic rings. The molecule has 82 valence electrons. The molecule has 0 aromatic heterocycles. The molecule has 1 atom stereocenters. The lowest BCUT2D eigenvalue weighted by molar-refractivity contribution is 0.582. The summed E-state index contributed by atoms with van der Waals surface area (Å²) >= 11 is 0. The first-order valence-electron chi connectivity index (χ1n) is 5.06. The van der Waals surface area contributed by atoms with Crippen LogP contribution in [0.15, 0.2) is 23.1 Å². The van der Waals surface area contributed by atoms with Crippen LogP contribution in [0.1, 0.15) is 12.5 Å². The summed E-state index contributed by atoms with van der Waals surface area (Å²) in [5.41, 5.74) is 1.82. The van der Waals surface area contributed by atoms with Gasteiger partial charge in [0.25, 0.3) is 0 Å². The Bertz CT molecular complexity index is 479. The molecule has 2 rings (SSSR count). The van der Waals surface area contributed by atoms with Gasteiger partial charge in [0.1, 0.15) is 0 Å². The molecule has 1 aliphatic heterocycles. The lowest BCUT2D eigenvalue weighted by Crippen LogP contribution is -2.15. The molecule has 1 heterocycles. The third kappa shape index (κ3) is 2.00. The zero-order valence-corrected chi connectivity index (χ0v) is 9.76. The van der Waals surface area contributed by atoms with E-state index in [0.717, 1.165) is 17.8 Å². The number of rotatable bonds is 0. The van der Waals surface area contributed by atoms with Gasteiger partial charge in [0.2, 0.25) is 0 Å². The molecular weight excluding hydrogens is 210 g/mol. The van der Waals surface area contributed by atoms with Crippen molar-refractivity contribution in [2.24, 2.45) is 5.92 Å². The van der Waals surface area contributed by atoms with Crippen LogP contribution < -0.4 is 5.32 Å². The van der Waals surface area contributed by atoms with Crippen LogP contribution in [0.4, 0.5) is 5.69 Å². The van der Waals surface area contributed by atoms with Crippen molar-refractivity contribution in [2.45, 2.75) is 18.7 Å². The number of aryl methyl sites for hydroxylation is 1. The van der Waals surface area contributed by atoms with Gasteiger partial charge in [0, 0.05) is 6.54 Å². The van der Waals surface area contributed by atoms with Gasteiger partial charge in [-0.15, -0.1) is 0 Å². The van der Waals surface area contributed by atoms with Crippen molar-refractivity contribution in [3.63, 3.8) is 0 Å². The Morgan fingerprint density at radius 3 is 2.87 bits per heavy atom. The van der Waals surface area contributed by atoms with Gasteiger partial charge in [-0.2, -0.15) is 0 Å². The van der Waals surface area contributed by atoms with Crippen molar-refractivity contribution < 1.29 is 8.42 Å². The minimum Gasteiger partial charge on any atom is -0.384 e. The van der Waals surface area contributed by atoms with Crippen molar-refractivity contribution in [1.82, 2.24) is 0 Å². The predicted octanol–water partition coefficient (Wildman–Crippen LogP) is 1.83. The van der Waals surface area contributed by atoms with E-state index < -0.39 is 9.84 Å². The number of benzene rings is 1. The first-order chi connectivity index (χ1) is 6.99. The van der Waals surface area contributed by atoms with Gasteiger partial charge in [-0.25, -0.2) is 8.42 Å². The van der Waals surface area contributed by atoms with Crippen LogP contribution in [-0.2, 0) is 9.84 Å². The summed E-state index contributed by atoms with van der Waals surface area (Å²) in [5.74, 6) is 0.387. The lowest BCUT2D eigenvalue weighted by Gasteiger charge is -2.07. The molecular formula is C11H15NO2S. The highest BCUT2D eigenvalue weighted by molar-refractivity contribution is 7.91. The molecule has 0 saturated carbocycles. The number of fused-ring (bicyclic) bond motifs is 1. The van der Waals surface area contributed by atoms with E-state index in [1.54, 1.807) is 6.07 Å². The highest BCUT2D eigenvalue weighted by atomic mass is 32.2.